The van der Waals surface area contributed by atoms with E-state index < -0.39 is 17.5 Å². The van der Waals surface area contributed by atoms with Crippen molar-refractivity contribution >= 4 is 38.7 Å². The normalized spacial score (nSPS) is 19.1. The summed E-state index contributed by atoms with van der Waals surface area (Å²) in [6.45, 7) is 0.873. The van der Waals surface area contributed by atoms with E-state index in [9.17, 15) is 18.4 Å². The molecule has 2 fully saturated rings. The number of hydrogen-bond acceptors (Lipinski definition) is 5. The number of hydrogen-bond donors (Lipinski definition) is 1. The largest absolute Gasteiger partial charge is 0.451 e. The predicted octanol–water partition coefficient (Wildman–Crippen LogP) is 4.37. The Kier molecular flexibility index (Phi) is 5.04. The molecule has 0 spiro atoms. The second-order valence-corrected chi connectivity index (χ2v) is 8.71. The topological polar surface area (TPSA) is 88.6 Å². The molecule has 2 aliphatic rings. The lowest BCUT2D eigenvalue weighted by Crippen LogP contribution is -2.49. The van der Waals surface area contributed by atoms with Gasteiger partial charge in [-0.1, -0.05) is 5.16 Å². The maximum Gasteiger partial charge on any atom is 0.287 e. The molecule has 7 nitrogen and oxygen atoms in total. The van der Waals surface area contributed by atoms with Crippen LogP contribution in [0.15, 0.2) is 31.7 Å². The Morgan fingerprint density at radius 3 is 2.77 bits per heavy atom. The molecule has 0 bridgehead atoms. The third kappa shape index (κ3) is 3.84. The summed E-state index contributed by atoms with van der Waals surface area (Å²) in [6.07, 6.45) is 3.34. The number of rotatable bonds is 4. The highest BCUT2D eigenvalue weighted by molar-refractivity contribution is 9.10. The van der Waals surface area contributed by atoms with Crippen LogP contribution in [0.3, 0.4) is 0 Å². The Bertz CT molecular complexity index is 1190. The molecule has 1 aliphatic carbocycles. The van der Waals surface area contributed by atoms with Gasteiger partial charge in [-0.2, -0.15) is 0 Å². The number of amides is 2. The number of benzene rings is 1. The molecule has 1 unspecified atom stereocenters. The van der Waals surface area contributed by atoms with Gasteiger partial charge in [-0.25, -0.2) is 8.78 Å². The summed E-state index contributed by atoms with van der Waals surface area (Å²) in [4.78, 5) is 27.4. The molecule has 162 valence electrons. The Labute approximate surface area is 183 Å². The first-order valence-corrected chi connectivity index (χ1v) is 10.8. The molecule has 1 saturated heterocycles. The molecular weight excluding hydrogens is 476 g/mol. The highest BCUT2D eigenvalue weighted by Crippen LogP contribution is 2.43. The quantitative estimate of drug-likeness (QED) is 0.582. The molecule has 1 aromatic carbocycles. The average Bonchev–Trinajstić information content (AvgIpc) is 3.37. The average molecular weight is 494 g/mol. The molecule has 3 aromatic rings. The molecule has 1 N–H and O–H groups in total. The first-order valence-electron chi connectivity index (χ1n) is 10.0. The van der Waals surface area contributed by atoms with Crippen molar-refractivity contribution in [3.8, 4) is 0 Å². The SMILES string of the molecule is O=C(NC1CCCN(C(=O)c2c(Br)noc2C2CC2)C1)c1cc2c(F)cc(F)cc2o1. The van der Waals surface area contributed by atoms with Gasteiger partial charge in [0.1, 0.15) is 22.8 Å². The minimum Gasteiger partial charge on any atom is -0.451 e. The van der Waals surface area contributed by atoms with Crippen molar-refractivity contribution in [1.29, 1.82) is 0 Å². The first-order chi connectivity index (χ1) is 14.9. The number of likely N-dealkylation sites (tertiary alicyclic amines) is 1. The Morgan fingerprint density at radius 1 is 1.19 bits per heavy atom. The second kappa shape index (κ2) is 7.74. The summed E-state index contributed by atoms with van der Waals surface area (Å²) in [6, 6.07) is 2.72. The van der Waals surface area contributed by atoms with Crippen molar-refractivity contribution in [2.45, 2.75) is 37.6 Å². The van der Waals surface area contributed by atoms with Crippen LogP contribution in [-0.4, -0.2) is 41.0 Å². The highest BCUT2D eigenvalue weighted by atomic mass is 79.9. The van der Waals surface area contributed by atoms with Gasteiger partial charge in [0.25, 0.3) is 11.8 Å². The van der Waals surface area contributed by atoms with Gasteiger partial charge < -0.3 is 19.2 Å². The first kappa shape index (κ1) is 20.2. The van der Waals surface area contributed by atoms with Crippen LogP contribution in [0.25, 0.3) is 11.0 Å². The van der Waals surface area contributed by atoms with Crippen LogP contribution in [0.5, 0.6) is 0 Å². The summed E-state index contributed by atoms with van der Waals surface area (Å²) in [5.41, 5.74) is 0.414. The molecule has 5 rings (SSSR count). The number of fused-ring (bicyclic) bond motifs is 1. The van der Waals surface area contributed by atoms with Crippen molar-refractivity contribution in [2.75, 3.05) is 13.1 Å². The van der Waals surface area contributed by atoms with E-state index in [1.165, 1.54) is 6.07 Å². The van der Waals surface area contributed by atoms with Gasteiger partial charge in [0.05, 0.1) is 5.39 Å². The maximum atomic E-state index is 13.9. The molecule has 10 heteroatoms. The predicted molar refractivity (Wildman–Crippen MR) is 109 cm³/mol. The molecule has 31 heavy (non-hydrogen) atoms. The van der Waals surface area contributed by atoms with Crippen LogP contribution >= 0.6 is 15.9 Å². The number of carbonyl (C=O) groups excluding carboxylic acids is 2. The van der Waals surface area contributed by atoms with Crippen LogP contribution in [0, 0.1) is 11.6 Å². The second-order valence-electron chi connectivity index (χ2n) is 7.96. The Morgan fingerprint density at radius 2 is 2.00 bits per heavy atom. The third-order valence-corrected chi connectivity index (χ3v) is 6.20. The number of nitrogens with zero attached hydrogens (tertiary/aromatic N) is 2. The smallest absolute Gasteiger partial charge is 0.287 e. The van der Waals surface area contributed by atoms with Crippen molar-refractivity contribution in [1.82, 2.24) is 15.4 Å². The van der Waals surface area contributed by atoms with Gasteiger partial charge >= 0.3 is 0 Å². The van der Waals surface area contributed by atoms with E-state index in [-0.39, 0.29) is 34.6 Å². The van der Waals surface area contributed by atoms with Crippen LogP contribution in [0.1, 0.15) is 58.3 Å². The van der Waals surface area contributed by atoms with Crippen LogP contribution < -0.4 is 5.32 Å². The van der Waals surface area contributed by atoms with Crippen molar-refractivity contribution in [2.24, 2.45) is 0 Å². The summed E-state index contributed by atoms with van der Waals surface area (Å²) in [7, 11) is 0. The fraction of sp³-hybridized carbons (Fsp3) is 0.381. The molecule has 2 aromatic heterocycles. The van der Waals surface area contributed by atoms with Crippen LogP contribution in [0.4, 0.5) is 8.78 Å². The number of furan rings is 1. The number of halogens is 3. The van der Waals surface area contributed by atoms with E-state index in [0.29, 0.717) is 41.9 Å². The zero-order valence-corrected chi connectivity index (χ0v) is 17.9. The van der Waals surface area contributed by atoms with Crippen LogP contribution in [0.2, 0.25) is 0 Å². The molecule has 1 aliphatic heterocycles. The van der Waals surface area contributed by atoms with E-state index >= 15 is 0 Å². The monoisotopic (exact) mass is 493 g/mol. The molecular formula is C21H18BrF2N3O4. The van der Waals surface area contributed by atoms with Crippen molar-refractivity contribution < 1.29 is 27.3 Å². The Balaban J connectivity index is 1.30. The number of carbonyl (C=O) groups is 2. The fourth-order valence-electron chi connectivity index (χ4n) is 3.97. The minimum atomic E-state index is -0.794. The zero-order valence-electron chi connectivity index (χ0n) is 16.3. The molecule has 3 heterocycles. The summed E-state index contributed by atoms with van der Waals surface area (Å²) < 4.78 is 38.3. The van der Waals surface area contributed by atoms with Crippen molar-refractivity contribution in [3.05, 3.63) is 51.5 Å². The highest BCUT2D eigenvalue weighted by Gasteiger charge is 2.37. The lowest BCUT2D eigenvalue weighted by molar-refractivity contribution is 0.0670. The summed E-state index contributed by atoms with van der Waals surface area (Å²) >= 11 is 3.30. The Hall–Kier alpha value is -2.75. The fourth-order valence-corrected chi connectivity index (χ4v) is 4.41. The molecule has 2 amide bonds. The van der Waals surface area contributed by atoms with Gasteiger partial charge in [-0.05, 0) is 41.6 Å². The summed E-state index contributed by atoms with van der Waals surface area (Å²) in [5, 5.41) is 6.76. The molecule has 1 saturated carbocycles. The number of aromatic nitrogens is 1. The third-order valence-electron chi connectivity index (χ3n) is 5.66. The van der Waals surface area contributed by atoms with E-state index in [1.54, 1.807) is 4.90 Å². The lowest BCUT2D eigenvalue weighted by Gasteiger charge is -2.33. The van der Waals surface area contributed by atoms with Gasteiger partial charge in [-0.15, -0.1) is 0 Å². The van der Waals surface area contributed by atoms with Crippen LogP contribution in [-0.2, 0) is 0 Å². The maximum absolute atomic E-state index is 13.9. The summed E-state index contributed by atoms with van der Waals surface area (Å²) in [5.74, 6) is -1.57. The van der Waals surface area contributed by atoms with Crippen molar-refractivity contribution in [3.63, 3.8) is 0 Å². The zero-order chi connectivity index (χ0) is 21.7. The van der Waals surface area contributed by atoms with E-state index in [0.717, 1.165) is 25.0 Å². The van der Waals surface area contributed by atoms with Gasteiger partial charge in [0.2, 0.25) is 0 Å². The van der Waals surface area contributed by atoms with Gasteiger partial charge in [-0.3, -0.25) is 9.59 Å². The molecule has 1 atom stereocenters. The number of nitrogens with one attached hydrogen (secondary N) is 1. The standard InChI is InChI=1S/C21H18BrF2N3O4/c22-19-17(18(31-26-19)10-3-4-10)21(29)27-5-1-2-12(9-27)25-20(28)16-8-13-14(24)6-11(23)7-15(13)30-16/h6-8,10,12H,1-5,9H2,(H,25,28). The number of piperidine rings is 1. The van der Waals surface area contributed by atoms with E-state index in [4.69, 9.17) is 8.94 Å². The van der Waals surface area contributed by atoms with Gasteiger partial charge in [0.15, 0.2) is 16.1 Å². The lowest BCUT2D eigenvalue weighted by atomic mass is 10.0. The van der Waals surface area contributed by atoms with E-state index in [2.05, 4.69) is 26.4 Å². The minimum absolute atomic E-state index is 0.0342. The van der Waals surface area contributed by atoms with Gasteiger partial charge in [0, 0.05) is 43.2 Å². The van der Waals surface area contributed by atoms with E-state index in [1.807, 2.05) is 0 Å². The molecule has 0 radical (unpaired) electrons.